The minimum absolute atomic E-state index is 0.157. The van der Waals surface area contributed by atoms with Gasteiger partial charge < -0.3 is 4.74 Å². The lowest BCUT2D eigenvalue weighted by atomic mass is 9.90. The number of hydrazine groups is 1. The van der Waals surface area contributed by atoms with Crippen LogP contribution in [0.5, 0.6) is 5.75 Å². The fourth-order valence-electron chi connectivity index (χ4n) is 2.40. The fourth-order valence-corrected chi connectivity index (χ4v) is 2.40. The number of ether oxygens (including phenoxy) is 1. The first kappa shape index (κ1) is 14.9. The minimum Gasteiger partial charge on any atom is -0.406 e. The van der Waals surface area contributed by atoms with Crippen molar-refractivity contribution in [1.29, 1.82) is 0 Å². The third-order valence-electron chi connectivity index (χ3n) is 3.31. The molecule has 0 amide bonds. The molecule has 1 aromatic rings. The summed E-state index contributed by atoms with van der Waals surface area (Å²) in [6.07, 6.45) is 1.73. The Morgan fingerprint density at radius 1 is 1.15 bits per heavy atom. The lowest BCUT2D eigenvalue weighted by Gasteiger charge is -2.23. The van der Waals surface area contributed by atoms with Gasteiger partial charge in [0.1, 0.15) is 5.75 Å². The number of nitrogens with two attached hydrogens (primary N) is 1. The van der Waals surface area contributed by atoms with E-state index in [1.54, 1.807) is 12.1 Å². The summed E-state index contributed by atoms with van der Waals surface area (Å²) in [7, 11) is 0. The second-order valence-corrected chi connectivity index (χ2v) is 4.74. The van der Waals surface area contributed by atoms with Crippen LogP contribution in [0.3, 0.4) is 0 Å². The number of alkyl halides is 3. The quantitative estimate of drug-likeness (QED) is 0.505. The standard InChI is InChI=1S/C14H17F3N2O/c15-14(16,17)20-12-8-6-11(7-9-12)13(19-18)10-4-2-1-3-5-10/h4,6-9,13,19H,1-3,5,18H2. The number of benzene rings is 1. The molecule has 1 unspecified atom stereocenters. The van der Waals surface area contributed by atoms with E-state index in [2.05, 4.69) is 16.2 Å². The molecule has 0 heterocycles. The molecule has 0 radical (unpaired) electrons. The number of hydrogen-bond acceptors (Lipinski definition) is 3. The highest BCUT2D eigenvalue weighted by atomic mass is 19.4. The average molecular weight is 286 g/mol. The van der Waals surface area contributed by atoms with Crippen LogP contribution in [-0.2, 0) is 0 Å². The molecular formula is C14H17F3N2O. The van der Waals surface area contributed by atoms with Gasteiger partial charge in [0, 0.05) is 0 Å². The van der Waals surface area contributed by atoms with E-state index in [9.17, 15) is 13.2 Å². The number of allylic oxidation sites excluding steroid dienone is 1. The van der Waals surface area contributed by atoms with Crippen LogP contribution in [-0.4, -0.2) is 6.36 Å². The lowest BCUT2D eigenvalue weighted by molar-refractivity contribution is -0.274. The molecule has 0 saturated carbocycles. The summed E-state index contributed by atoms with van der Waals surface area (Å²) in [5.74, 6) is 5.35. The smallest absolute Gasteiger partial charge is 0.406 e. The summed E-state index contributed by atoms with van der Waals surface area (Å²) >= 11 is 0. The van der Waals surface area contributed by atoms with Gasteiger partial charge in [-0.15, -0.1) is 13.2 Å². The zero-order chi connectivity index (χ0) is 14.6. The van der Waals surface area contributed by atoms with Crippen LogP contribution in [0.2, 0.25) is 0 Å². The van der Waals surface area contributed by atoms with Gasteiger partial charge in [-0.05, 0) is 43.4 Å². The van der Waals surface area contributed by atoms with Crippen molar-refractivity contribution in [2.75, 3.05) is 0 Å². The molecule has 0 fully saturated rings. The largest absolute Gasteiger partial charge is 0.573 e. The lowest BCUT2D eigenvalue weighted by Crippen LogP contribution is -2.30. The van der Waals surface area contributed by atoms with Gasteiger partial charge in [-0.2, -0.15) is 0 Å². The maximum atomic E-state index is 12.1. The number of rotatable bonds is 4. The summed E-state index contributed by atoms with van der Waals surface area (Å²) in [6.45, 7) is 0. The van der Waals surface area contributed by atoms with Crippen molar-refractivity contribution in [1.82, 2.24) is 5.43 Å². The van der Waals surface area contributed by atoms with Crippen molar-refractivity contribution in [2.45, 2.75) is 38.1 Å². The van der Waals surface area contributed by atoms with Crippen LogP contribution >= 0.6 is 0 Å². The van der Waals surface area contributed by atoms with E-state index < -0.39 is 6.36 Å². The normalized spacial score (nSPS) is 17.5. The molecule has 0 aromatic heterocycles. The molecule has 6 heteroatoms. The minimum atomic E-state index is -4.67. The SMILES string of the molecule is NNC(C1=CCCCC1)c1ccc(OC(F)(F)F)cc1. The van der Waals surface area contributed by atoms with Crippen molar-refractivity contribution in [3.05, 3.63) is 41.5 Å². The van der Waals surface area contributed by atoms with E-state index in [0.717, 1.165) is 24.8 Å². The monoisotopic (exact) mass is 286 g/mol. The topological polar surface area (TPSA) is 47.3 Å². The molecule has 3 N–H and O–H groups in total. The zero-order valence-corrected chi connectivity index (χ0v) is 10.9. The molecule has 1 atom stereocenters. The van der Waals surface area contributed by atoms with Crippen molar-refractivity contribution in [3.63, 3.8) is 0 Å². The highest BCUT2D eigenvalue weighted by molar-refractivity contribution is 5.34. The van der Waals surface area contributed by atoms with E-state index in [0.29, 0.717) is 0 Å². The van der Waals surface area contributed by atoms with Crippen LogP contribution in [0.4, 0.5) is 13.2 Å². The Bertz CT molecular complexity index is 468. The highest BCUT2D eigenvalue weighted by Gasteiger charge is 2.31. The van der Waals surface area contributed by atoms with Crippen LogP contribution in [0.15, 0.2) is 35.9 Å². The summed E-state index contributed by atoms with van der Waals surface area (Å²) in [5, 5.41) is 0. The fraction of sp³-hybridized carbons (Fsp3) is 0.429. The molecule has 3 nitrogen and oxygen atoms in total. The van der Waals surface area contributed by atoms with Gasteiger partial charge in [0.15, 0.2) is 0 Å². The summed E-state index contributed by atoms with van der Waals surface area (Å²) in [5.41, 5.74) is 4.74. The Hall–Kier alpha value is -1.53. The molecule has 20 heavy (non-hydrogen) atoms. The summed E-state index contributed by atoms with van der Waals surface area (Å²) in [4.78, 5) is 0. The molecule has 110 valence electrons. The van der Waals surface area contributed by atoms with Crippen LogP contribution in [0.1, 0.15) is 37.3 Å². The van der Waals surface area contributed by atoms with Crippen LogP contribution in [0.25, 0.3) is 0 Å². The molecule has 1 aliphatic rings. The molecular weight excluding hydrogens is 269 g/mol. The maximum absolute atomic E-state index is 12.1. The Morgan fingerprint density at radius 3 is 2.35 bits per heavy atom. The van der Waals surface area contributed by atoms with Crippen molar-refractivity contribution in [2.24, 2.45) is 5.84 Å². The third kappa shape index (κ3) is 3.98. The Balaban J connectivity index is 2.13. The Kier molecular flexibility index (Phi) is 4.67. The van der Waals surface area contributed by atoms with E-state index in [4.69, 9.17) is 5.84 Å². The predicted octanol–water partition coefficient (Wildman–Crippen LogP) is 3.59. The second kappa shape index (κ2) is 6.28. The van der Waals surface area contributed by atoms with Gasteiger partial charge in [0.05, 0.1) is 6.04 Å². The first-order valence-electron chi connectivity index (χ1n) is 6.50. The molecule has 1 aliphatic carbocycles. The summed E-state index contributed by atoms with van der Waals surface area (Å²) < 4.78 is 40.1. The first-order chi connectivity index (χ1) is 9.49. The number of halogens is 3. The van der Waals surface area contributed by atoms with Gasteiger partial charge in [0.25, 0.3) is 0 Å². The maximum Gasteiger partial charge on any atom is 0.573 e. The average Bonchev–Trinajstić information content (AvgIpc) is 2.41. The van der Waals surface area contributed by atoms with Crippen molar-refractivity contribution < 1.29 is 17.9 Å². The predicted molar refractivity (Wildman–Crippen MR) is 69.7 cm³/mol. The highest BCUT2D eigenvalue weighted by Crippen LogP contribution is 2.31. The second-order valence-electron chi connectivity index (χ2n) is 4.74. The van der Waals surface area contributed by atoms with Gasteiger partial charge in [0.2, 0.25) is 0 Å². The van der Waals surface area contributed by atoms with E-state index in [1.807, 2.05) is 0 Å². The van der Waals surface area contributed by atoms with Gasteiger partial charge in [-0.25, -0.2) is 5.43 Å². The Morgan fingerprint density at radius 2 is 1.85 bits per heavy atom. The molecule has 0 spiro atoms. The van der Waals surface area contributed by atoms with Gasteiger partial charge in [-0.1, -0.05) is 23.8 Å². The number of hydrogen-bond donors (Lipinski definition) is 2. The van der Waals surface area contributed by atoms with Gasteiger partial charge in [-0.3, -0.25) is 5.84 Å². The van der Waals surface area contributed by atoms with E-state index >= 15 is 0 Å². The van der Waals surface area contributed by atoms with Crippen molar-refractivity contribution >= 4 is 0 Å². The number of nitrogens with one attached hydrogen (secondary N) is 1. The Labute approximate surface area is 115 Å². The van der Waals surface area contributed by atoms with Crippen molar-refractivity contribution in [3.8, 4) is 5.75 Å². The molecule has 1 aromatic carbocycles. The van der Waals surface area contributed by atoms with Gasteiger partial charge >= 0.3 is 6.36 Å². The molecule has 0 aliphatic heterocycles. The van der Waals surface area contributed by atoms with E-state index in [1.165, 1.54) is 24.1 Å². The third-order valence-corrected chi connectivity index (χ3v) is 3.31. The molecule has 0 saturated heterocycles. The van der Waals surface area contributed by atoms with Crippen LogP contribution in [0, 0.1) is 0 Å². The first-order valence-corrected chi connectivity index (χ1v) is 6.50. The summed E-state index contributed by atoms with van der Waals surface area (Å²) in [6, 6.07) is 5.64. The molecule has 0 bridgehead atoms. The zero-order valence-electron chi connectivity index (χ0n) is 10.9. The van der Waals surface area contributed by atoms with Crippen LogP contribution < -0.4 is 16.0 Å². The molecule has 2 rings (SSSR count). The van der Waals surface area contributed by atoms with E-state index in [-0.39, 0.29) is 11.8 Å².